The highest BCUT2D eigenvalue weighted by Crippen LogP contribution is 2.29. The van der Waals surface area contributed by atoms with Gasteiger partial charge < -0.3 is 10.2 Å². The van der Waals surface area contributed by atoms with Crippen molar-refractivity contribution in [3.63, 3.8) is 0 Å². The van der Waals surface area contributed by atoms with Gasteiger partial charge in [-0.05, 0) is 43.4 Å². The van der Waals surface area contributed by atoms with E-state index in [1.165, 1.54) is 0 Å². The van der Waals surface area contributed by atoms with E-state index in [-0.39, 0.29) is 12.1 Å². The lowest BCUT2D eigenvalue weighted by Crippen LogP contribution is -2.38. The van der Waals surface area contributed by atoms with Crippen LogP contribution in [0.15, 0.2) is 12.1 Å². The maximum Gasteiger partial charge on any atom is 0.321 e. The summed E-state index contributed by atoms with van der Waals surface area (Å²) in [6.45, 7) is 8.34. The maximum atomic E-state index is 12.4. The standard InChI is InChI=1S/C17H27ClN2O/c1-6-9-12(4)20(5)17(21)19-16-13(7-2)10-11-15(18)14(16)8-3/h10-12H,6-9H2,1-5H3,(H,19,21)/t12-/m0/s1. The number of hydrogen-bond donors (Lipinski definition) is 1. The number of nitrogens with one attached hydrogen (secondary N) is 1. The largest absolute Gasteiger partial charge is 0.325 e. The summed E-state index contributed by atoms with van der Waals surface area (Å²) in [5.41, 5.74) is 3.02. The Morgan fingerprint density at radius 2 is 1.95 bits per heavy atom. The van der Waals surface area contributed by atoms with Crippen molar-refractivity contribution < 1.29 is 4.79 Å². The number of benzene rings is 1. The molecule has 0 aromatic heterocycles. The molecule has 0 aliphatic rings. The molecule has 0 unspecified atom stereocenters. The van der Waals surface area contributed by atoms with Crippen LogP contribution in [0.4, 0.5) is 10.5 Å². The van der Waals surface area contributed by atoms with Gasteiger partial charge in [0.25, 0.3) is 0 Å². The molecular formula is C17H27ClN2O. The third kappa shape index (κ3) is 4.37. The Balaban J connectivity index is 3.01. The number of aryl methyl sites for hydroxylation is 1. The highest BCUT2D eigenvalue weighted by Gasteiger charge is 2.18. The van der Waals surface area contributed by atoms with Gasteiger partial charge in [0.15, 0.2) is 0 Å². The Bertz CT molecular complexity index is 488. The minimum Gasteiger partial charge on any atom is -0.325 e. The molecule has 0 aliphatic carbocycles. The molecule has 0 spiro atoms. The first-order valence-electron chi connectivity index (χ1n) is 7.80. The molecule has 0 bridgehead atoms. The van der Waals surface area contributed by atoms with Crippen LogP contribution in [0.5, 0.6) is 0 Å². The zero-order valence-corrected chi connectivity index (χ0v) is 14.5. The van der Waals surface area contributed by atoms with Crippen molar-refractivity contribution in [2.45, 2.75) is 59.4 Å². The number of urea groups is 1. The van der Waals surface area contributed by atoms with Gasteiger partial charge in [-0.15, -0.1) is 0 Å². The first-order valence-corrected chi connectivity index (χ1v) is 8.17. The van der Waals surface area contributed by atoms with E-state index in [4.69, 9.17) is 11.6 Å². The SMILES string of the molecule is CCC[C@H](C)N(C)C(=O)Nc1c(CC)ccc(Cl)c1CC. The molecule has 0 heterocycles. The summed E-state index contributed by atoms with van der Waals surface area (Å²) in [5, 5.41) is 3.78. The van der Waals surface area contributed by atoms with Crippen LogP contribution in [0.1, 0.15) is 51.7 Å². The predicted octanol–water partition coefficient (Wildman–Crippen LogP) is 5.12. The van der Waals surface area contributed by atoms with Crippen LogP contribution >= 0.6 is 11.6 Å². The number of carbonyl (C=O) groups is 1. The molecule has 0 saturated carbocycles. The number of amides is 2. The average molecular weight is 311 g/mol. The van der Waals surface area contributed by atoms with Crippen LogP contribution in [0.25, 0.3) is 0 Å². The monoisotopic (exact) mass is 310 g/mol. The lowest BCUT2D eigenvalue weighted by atomic mass is 10.0. The zero-order valence-electron chi connectivity index (χ0n) is 13.8. The molecule has 1 aromatic rings. The van der Waals surface area contributed by atoms with Crippen molar-refractivity contribution >= 4 is 23.3 Å². The minimum absolute atomic E-state index is 0.0670. The van der Waals surface area contributed by atoms with E-state index in [1.807, 2.05) is 19.2 Å². The van der Waals surface area contributed by atoms with Gasteiger partial charge >= 0.3 is 6.03 Å². The minimum atomic E-state index is -0.0670. The third-order valence-corrected chi connectivity index (χ3v) is 4.35. The highest BCUT2D eigenvalue weighted by atomic mass is 35.5. The van der Waals surface area contributed by atoms with Crippen LogP contribution in [0.3, 0.4) is 0 Å². The molecule has 1 atom stereocenters. The Morgan fingerprint density at radius 1 is 1.29 bits per heavy atom. The molecule has 1 N–H and O–H groups in total. The summed E-state index contributed by atoms with van der Waals surface area (Å²) >= 11 is 6.27. The van der Waals surface area contributed by atoms with Crippen molar-refractivity contribution in [2.24, 2.45) is 0 Å². The first kappa shape index (κ1) is 17.8. The average Bonchev–Trinajstić information content (AvgIpc) is 2.47. The van der Waals surface area contributed by atoms with Gasteiger partial charge in [-0.25, -0.2) is 4.79 Å². The van der Waals surface area contributed by atoms with E-state index < -0.39 is 0 Å². The second kappa shape index (κ2) is 8.28. The molecule has 0 radical (unpaired) electrons. The Morgan fingerprint density at radius 3 is 2.48 bits per heavy atom. The van der Waals surface area contributed by atoms with Crippen molar-refractivity contribution in [3.8, 4) is 0 Å². The third-order valence-electron chi connectivity index (χ3n) is 4.00. The molecule has 118 valence electrons. The molecule has 1 aromatic carbocycles. The quantitative estimate of drug-likeness (QED) is 0.777. The lowest BCUT2D eigenvalue weighted by Gasteiger charge is -2.26. The number of carbonyl (C=O) groups excluding carboxylic acids is 1. The normalized spacial score (nSPS) is 12.1. The van der Waals surface area contributed by atoms with Gasteiger partial charge in [-0.3, -0.25) is 0 Å². The highest BCUT2D eigenvalue weighted by molar-refractivity contribution is 6.31. The number of halogens is 1. The van der Waals surface area contributed by atoms with Crippen molar-refractivity contribution in [3.05, 3.63) is 28.3 Å². The number of nitrogens with zero attached hydrogens (tertiary/aromatic N) is 1. The molecule has 3 nitrogen and oxygen atoms in total. The zero-order chi connectivity index (χ0) is 16.0. The molecule has 4 heteroatoms. The summed E-state index contributed by atoms with van der Waals surface area (Å²) in [6, 6.07) is 4.07. The van der Waals surface area contributed by atoms with Gasteiger partial charge in [0.05, 0.1) is 5.69 Å². The molecular weight excluding hydrogens is 284 g/mol. The van der Waals surface area contributed by atoms with E-state index in [0.717, 1.165) is 42.5 Å². The van der Waals surface area contributed by atoms with Crippen LogP contribution < -0.4 is 5.32 Å². The van der Waals surface area contributed by atoms with Crippen molar-refractivity contribution in [2.75, 3.05) is 12.4 Å². The second-order valence-corrected chi connectivity index (χ2v) is 5.85. The molecule has 2 amide bonds. The predicted molar refractivity (Wildman–Crippen MR) is 91.4 cm³/mol. The van der Waals surface area contributed by atoms with E-state index in [1.54, 1.807) is 4.90 Å². The Kier molecular flexibility index (Phi) is 7.03. The van der Waals surface area contributed by atoms with Gasteiger partial charge in [0.2, 0.25) is 0 Å². The van der Waals surface area contributed by atoms with Crippen LogP contribution in [0.2, 0.25) is 5.02 Å². The molecule has 0 saturated heterocycles. The Labute approximate surface area is 133 Å². The van der Waals surface area contributed by atoms with Crippen molar-refractivity contribution in [1.29, 1.82) is 0 Å². The number of anilines is 1. The Hall–Kier alpha value is -1.22. The van der Waals surface area contributed by atoms with E-state index in [0.29, 0.717) is 5.02 Å². The van der Waals surface area contributed by atoms with Gasteiger partial charge in [0.1, 0.15) is 0 Å². The maximum absolute atomic E-state index is 12.4. The van der Waals surface area contributed by atoms with E-state index >= 15 is 0 Å². The summed E-state index contributed by atoms with van der Waals surface area (Å²) < 4.78 is 0. The van der Waals surface area contributed by atoms with Gasteiger partial charge in [0, 0.05) is 18.1 Å². The topological polar surface area (TPSA) is 32.3 Å². The smallest absolute Gasteiger partial charge is 0.321 e. The summed E-state index contributed by atoms with van der Waals surface area (Å²) in [5.74, 6) is 0. The van der Waals surface area contributed by atoms with Crippen LogP contribution in [-0.2, 0) is 12.8 Å². The number of hydrogen-bond acceptors (Lipinski definition) is 1. The van der Waals surface area contributed by atoms with E-state index in [2.05, 4.69) is 33.0 Å². The van der Waals surface area contributed by atoms with Crippen molar-refractivity contribution in [1.82, 2.24) is 4.90 Å². The summed E-state index contributed by atoms with van der Waals surface area (Å²) in [7, 11) is 1.84. The first-order chi connectivity index (χ1) is 9.96. The molecule has 0 fully saturated rings. The summed E-state index contributed by atoms with van der Waals surface area (Å²) in [6.07, 6.45) is 3.74. The fourth-order valence-corrected chi connectivity index (χ4v) is 2.76. The summed E-state index contributed by atoms with van der Waals surface area (Å²) in [4.78, 5) is 14.2. The fourth-order valence-electron chi connectivity index (χ4n) is 2.47. The van der Waals surface area contributed by atoms with Crippen LogP contribution in [-0.4, -0.2) is 24.0 Å². The second-order valence-electron chi connectivity index (χ2n) is 5.45. The molecule has 0 aliphatic heterocycles. The number of rotatable bonds is 6. The molecule has 21 heavy (non-hydrogen) atoms. The molecule has 1 rings (SSSR count). The fraction of sp³-hybridized carbons (Fsp3) is 0.588. The van der Waals surface area contributed by atoms with Gasteiger partial charge in [-0.2, -0.15) is 0 Å². The van der Waals surface area contributed by atoms with E-state index in [9.17, 15) is 4.79 Å². The van der Waals surface area contributed by atoms with Crippen LogP contribution in [0, 0.1) is 0 Å². The lowest BCUT2D eigenvalue weighted by molar-refractivity contribution is 0.205. The van der Waals surface area contributed by atoms with Gasteiger partial charge in [-0.1, -0.05) is 44.9 Å².